The normalized spacial score (nSPS) is 49.8. The molecule has 3 heteroatoms. The van der Waals surface area contributed by atoms with E-state index >= 15 is 0 Å². The first-order chi connectivity index (χ1) is 6.09. The molecule has 0 aromatic heterocycles. The van der Waals surface area contributed by atoms with Crippen molar-refractivity contribution in [2.24, 2.45) is 5.92 Å². The summed E-state index contributed by atoms with van der Waals surface area (Å²) >= 11 is 0. The zero-order valence-electron chi connectivity index (χ0n) is 8.37. The third kappa shape index (κ3) is 1.07. The van der Waals surface area contributed by atoms with Gasteiger partial charge in [-0.25, -0.2) is 0 Å². The molecule has 4 atom stereocenters. The van der Waals surface area contributed by atoms with Crippen LogP contribution in [0.1, 0.15) is 26.7 Å². The predicted molar refractivity (Wildman–Crippen MR) is 47.5 cm³/mol. The van der Waals surface area contributed by atoms with Crippen LogP contribution in [-0.2, 0) is 14.3 Å². The highest BCUT2D eigenvalue weighted by molar-refractivity contribution is 5.91. The van der Waals surface area contributed by atoms with Gasteiger partial charge in [-0.15, -0.1) is 0 Å². The molecule has 2 heterocycles. The number of Topliss-reactive ketones (excluding diaryl/α,β-unsaturated/α-hetero) is 1. The lowest BCUT2D eigenvalue weighted by molar-refractivity contribution is -0.183. The van der Waals surface area contributed by atoms with Crippen molar-refractivity contribution in [3.63, 3.8) is 0 Å². The lowest BCUT2D eigenvalue weighted by atomic mass is 9.84. The summed E-state index contributed by atoms with van der Waals surface area (Å²) in [6.07, 6.45) is 2.06. The lowest BCUT2D eigenvalue weighted by Crippen LogP contribution is -2.56. The number of ketones is 1. The minimum absolute atomic E-state index is 0.0105. The van der Waals surface area contributed by atoms with Crippen molar-refractivity contribution in [3.8, 4) is 0 Å². The van der Waals surface area contributed by atoms with Gasteiger partial charge >= 0.3 is 0 Å². The van der Waals surface area contributed by atoms with Gasteiger partial charge in [0, 0.05) is 13.0 Å². The summed E-state index contributed by atoms with van der Waals surface area (Å²) < 4.78 is 11.1. The van der Waals surface area contributed by atoms with Gasteiger partial charge in [-0.1, -0.05) is 6.92 Å². The van der Waals surface area contributed by atoms with Crippen molar-refractivity contribution in [2.45, 2.75) is 44.5 Å². The molecule has 0 unspecified atom stereocenters. The van der Waals surface area contributed by atoms with Crippen molar-refractivity contribution < 1.29 is 14.3 Å². The second-order valence-electron chi connectivity index (χ2n) is 4.20. The van der Waals surface area contributed by atoms with Crippen molar-refractivity contribution >= 4 is 5.78 Å². The first-order valence-corrected chi connectivity index (χ1v) is 4.84. The molecular weight excluding hydrogens is 168 g/mol. The monoisotopic (exact) mass is 184 g/mol. The molecule has 13 heavy (non-hydrogen) atoms. The molecule has 3 nitrogen and oxygen atoms in total. The molecule has 74 valence electrons. The van der Waals surface area contributed by atoms with Gasteiger partial charge in [-0.3, -0.25) is 4.79 Å². The topological polar surface area (TPSA) is 35.5 Å². The molecule has 0 aromatic rings. The Morgan fingerprint density at radius 1 is 1.54 bits per heavy atom. The van der Waals surface area contributed by atoms with Crippen molar-refractivity contribution in [3.05, 3.63) is 0 Å². The molecule has 2 saturated heterocycles. The van der Waals surface area contributed by atoms with Crippen molar-refractivity contribution in [1.29, 1.82) is 0 Å². The largest absolute Gasteiger partial charge is 0.371 e. The average molecular weight is 184 g/mol. The van der Waals surface area contributed by atoms with Gasteiger partial charge in [0.1, 0.15) is 5.60 Å². The summed E-state index contributed by atoms with van der Waals surface area (Å²) in [6.45, 7) is 3.78. The Morgan fingerprint density at radius 3 is 2.85 bits per heavy atom. The zero-order valence-corrected chi connectivity index (χ0v) is 8.37. The highest BCUT2D eigenvalue weighted by Gasteiger charge is 2.54. The van der Waals surface area contributed by atoms with Crippen LogP contribution in [0.25, 0.3) is 0 Å². The summed E-state index contributed by atoms with van der Waals surface area (Å²) in [6, 6.07) is 0. The second kappa shape index (κ2) is 2.79. The third-order valence-corrected chi connectivity index (χ3v) is 3.55. The zero-order chi connectivity index (χ0) is 9.64. The summed E-state index contributed by atoms with van der Waals surface area (Å²) in [5, 5.41) is 0. The van der Waals surface area contributed by atoms with Crippen molar-refractivity contribution in [2.75, 3.05) is 7.11 Å². The Hall–Kier alpha value is -0.410. The maximum atomic E-state index is 11.9. The van der Waals surface area contributed by atoms with E-state index < -0.39 is 5.60 Å². The van der Waals surface area contributed by atoms with Crippen LogP contribution in [0.2, 0.25) is 0 Å². The minimum atomic E-state index is -0.702. The molecule has 0 N–H and O–H groups in total. The summed E-state index contributed by atoms with van der Waals surface area (Å²) in [7, 11) is 1.59. The maximum Gasteiger partial charge on any atom is 0.172 e. The highest BCUT2D eigenvalue weighted by Crippen LogP contribution is 2.41. The molecular formula is C10H16O3. The van der Waals surface area contributed by atoms with Crippen LogP contribution in [0.5, 0.6) is 0 Å². The number of methoxy groups -OCH3 is 1. The van der Waals surface area contributed by atoms with Gasteiger partial charge in [0.15, 0.2) is 5.78 Å². The van der Waals surface area contributed by atoms with E-state index in [1.165, 1.54) is 0 Å². The van der Waals surface area contributed by atoms with E-state index in [4.69, 9.17) is 9.47 Å². The fourth-order valence-corrected chi connectivity index (χ4v) is 2.45. The smallest absolute Gasteiger partial charge is 0.172 e. The SMILES string of the molecule is CO[C@@]1(C)C(=O)[C@H](C)[C@@H]2CC[C@H]1O2. The Bertz CT molecular complexity index is 238. The van der Waals surface area contributed by atoms with Crippen LogP contribution in [0.3, 0.4) is 0 Å². The van der Waals surface area contributed by atoms with Crippen LogP contribution in [0.15, 0.2) is 0 Å². The van der Waals surface area contributed by atoms with Crippen LogP contribution in [0, 0.1) is 5.92 Å². The number of hydrogen-bond acceptors (Lipinski definition) is 3. The molecule has 0 aliphatic carbocycles. The fraction of sp³-hybridized carbons (Fsp3) is 0.900. The van der Waals surface area contributed by atoms with E-state index in [-0.39, 0.29) is 23.9 Å². The van der Waals surface area contributed by atoms with Gasteiger partial charge in [-0.05, 0) is 19.8 Å². The van der Waals surface area contributed by atoms with E-state index in [2.05, 4.69) is 0 Å². The van der Waals surface area contributed by atoms with Gasteiger partial charge in [-0.2, -0.15) is 0 Å². The molecule has 0 radical (unpaired) electrons. The Kier molecular flexibility index (Phi) is 1.96. The van der Waals surface area contributed by atoms with E-state index in [9.17, 15) is 4.79 Å². The molecule has 0 amide bonds. The molecule has 2 fully saturated rings. The van der Waals surface area contributed by atoms with Crippen LogP contribution in [0.4, 0.5) is 0 Å². The molecule has 0 aromatic carbocycles. The number of rotatable bonds is 1. The molecule has 2 aliphatic heterocycles. The van der Waals surface area contributed by atoms with Crippen LogP contribution >= 0.6 is 0 Å². The van der Waals surface area contributed by atoms with Crippen LogP contribution < -0.4 is 0 Å². The third-order valence-electron chi connectivity index (χ3n) is 3.55. The van der Waals surface area contributed by atoms with E-state index in [0.29, 0.717) is 0 Å². The standard InChI is InChI=1S/C10H16O3/c1-6-7-4-5-8(13-7)10(2,12-3)9(6)11/h6-8H,4-5H2,1-3H3/t6-,7+,8-,10-/m1/s1. The lowest BCUT2D eigenvalue weighted by Gasteiger charge is -2.39. The number of hydrogen-bond donors (Lipinski definition) is 0. The number of ether oxygens (including phenoxy) is 2. The Balaban J connectivity index is 2.32. The molecule has 2 aliphatic rings. The summed E-state index contributed by atoms with van der Waals surface area (Å²) in [4.78, 5) is 11.9. The van der Waals surface area contributed by atoms with Gasteiger partial charge in [0.05, 0.1) is 12.2 Å². The van der Waals surface area contributed by atoms with Crippen LogP contribution in [-0.4, -0.2) is 30.7 Å². The van der Waals surface area contributed by atoms with Gasteiger partial charge in [0.2, 0.25) is 0 Å². The van der Waals surface area contributed by atoms with E-state index in [0.717, 1.165) is 12.8 Å². The van der Waals surface area contributed by atoms with Crippen molar-refractivity contribution in [1.82, 2.24) is 0 Å². The Labute approximate surface area is 78.4 Å². The second-order valence-corrected chi connectivity index (χ2v) is 4.20. The van der Waals surface area contributed by atoms with E-state index in [1.54, 1.807) is 7.11 Å². The molecule has 0 spiro atoms. The van der Waals surface area contributed by atoms with Gasteiger partial charge < -0.3 is 9.47 Å². The summed E-state index contributed by atoms with van der Waals surface area (Å²) in [5.41, 5.74) is -0.702. The first-order valence-electron chi connectivity index (χ1n) is 4.84. The fourth-order valence-electron chi connectivity index (χ4n) is 2.45. The number of fused-ring (bicyclic) bond motifs is 2. The summed E-state index contributed by atoms with van der Waals surface area (Å²) in [5.74, 6) is 0.192. The maximum absolute atomic E-state index is 11.9. The van der Waals surface area contributed by atoms with Gasteiger partial charge in [0.25, 0.3) is 0 Å². The quantitative estimate of drug-likeness (QED) is 0.613. The highest BCUT2D eigenvalue weighted by atomic mass is 16.6. The number of carbonyl (C=O) groups is 1. The van der Waals surface area contributed by atoms with E-state index in [1.807, 2.05) is 13.8 Å². The predicted octanol–water partition coefficient (Wildman–Crippen LogP) is 1.16. The molecule has 2 rings (SSSR count). The first kappa shape index (κ1) is 9.16. The Morgan fingerprint density at radius 2 is 2.23 bits per heavy atom. The minimum Gasteiger partial charge on any atom is -0.371 e. The molecule has 2 bridgehead atoms. The average Bonchev–Trinajstić information content (AvgIpc) is 2.59. The number of carbonyl (C=O) groups excluding carboxylic acids is 1. The molecule has 0 saturated carbocycles.